The molecule has 1 atom stereocenters. The molecule has 7 nitrogen and oxygen atoms in total. The number of morpholine rings is 1. The summed E-state index contributed by atoms with van der Waals surface area (Å²) in [6.45, 7) is 10.5. The Kier molecular flexibility index (Phi) is 13.0. The number of methoxy groups -OCH3 is 1. The Morgan fingerprint density at radius 1 is 1.21 bits per heavy atom. The van der Waals surface area contributed by atoms with E-state index in [9.17, 15) is 0 Å². The van der Waals surface area contributed by atoms with Crippen LogP contribution in [0, 0.1) is 5.92 Å². The van der Waals surface area contributed by atoms with E-state index in [-0.39, 0.29) is 24.0 Å². The number of benzene rings is 1. The fourth-order valence-electron chi connectivity index (χ4n) is 3.28. The molecule has 1 fully saturated rings. The number of nitrogens with zero attached hydrogens (tertiary/aromatic N) is 2. The first kappa shape index (κ1) is 25.8. The van der Waals surface area contributed by atoms with Gasteiger partial charge in [-0.25, -0.2) is 0 Å². The largest absolute Gasteiger partial charge is 0.497 e. The Labute approximate surface area is 192 Å². The molecule has 1 aliphatic heterocycles. The van der Waals surface area contributed by atoms with Crippen molar-refractivity contribution in [2.75, 3.05) is 60.2 Å². The second-order valence-electron chi connectivity index (χ2n) is 7.22. The predicted molar refractivity (Wildman–Crippen MR) is 129 cm³/mol. The maximum atomic E-state index is 5.77. The molecule has 2 rings (SSSR count). The number of halogens is 1. The lowest BCUT2D eigenvalue weighted by molar-refractivity contribution is 0.00752. The minimum Gasteiger partial charge on any atom is -0.497 e. The van der Waals surface area contributed by atoms with Crippen molar-refractivity contribution >= 4 is 29.9 Å². The van der Waals surface area contributed by atoms with Gasteiger partial charge in [0.15, 0.2) is 5.96 Å². The van der Waals surface area contributed by atoms with Crippen LogP contribution in [-0.4, -0.2) is 77.1 Å². The first-order chi connectivity index (χ1) is 13.6. The SMILES string of the molecule is CN=C(NCCCOc1cccc(OC)c1)NCC(C(C)C)N1CCOCC1.I. The topological polar surface area (TPSA) is 67.4 Å². The highest BCUT2D eigenvalue weighted by Crippen LogP contribution is 2.18. The van der Waals surface area contributed by atoms with Gasteiger partial charge in [-0.05, 0) is 24.5 Å². The highest BCUT2D eigenvalue weighted by atomic mass is 127. The monoisotopic (exact) mass is 520 g/mol. The Morgan fingerprint density at radius 3 is 2.59 bits per heavy atom. The molecule has 1 heterocycles. The zero-order valence-corrected chi connectivity index (χ0v) is 20.5. The van der Waals surface area contributed by atoms with E-state index in [0.29, 0.717) is 18.6 Å². The third-order valence-corrected chi connectivity index (χ3v) is 4.91. The molecular weight excluding hydrogens is 483 g/mol. The number of guanidine groups is 1. The van der Waals surface area contributed by atoms with E-state index >= 15 is 0 Å². The average molecular weight is 520 g/mol. The van der Waals surface area contributed by atoms with Crippen molar-refractivity contribution in [3.8, 4) is 11.5 Å². The minimum atomic E-state index is 0. The molecule has 1 aromatic rings. The molecule has 0 saturated carbocycles. The summed E-state index contributed by atoms with van der Waals surface area (Å²) in [5.41, 5.74) is 0. The summed E-state index contributed by atoms with van der Waals surface area (Å²) in [6, 6.07) is 8.14. The molecule has 1 aliphatic rings. The Morgan fingerprint density at radius 2 is 1.93 bits per heavy atom. The maximum absolute atomic E-state index is 5.77. The normalized spacial score (nSPS) is 16.1. The highest BCUT2D eigenvalue weighted by molar-refractivity contribution is 14.0. The highest BCUT2D eigenvalue weighted by Gasteiger charge is 2.23. The number of nitrogens with one attached hydrogen (secondary N) is 2. The van der Waals surface area contributed by atoms with Gasteiger partial charge in [-0.1, -0.05) is 19.9 Å². The van der Waals surface area contributed by atoms with E-state index in [1.54, 1.807) is 14.2 Å². The molecule has 0 bridgehead atoms. The lowest BCUT2D eigenvalue weighted by atomic mass is 10.0. The summed E-state index contributed by atoms with van der Waals surface area (Å²) >= 11 is 0. The van der Waals surface area contributed by atoms with Crippen LogP contribution in [0.5, 0.6) is 11.5 Å². The van der Waals surface area contributed by atoms with Crippen molar-refractivity contribution in [3.05, 3.63) is 24.3 Å². The Hall–Kier alpha value is -1.26. The number of aliphatic imine (C=N–C) groups is 1. The van der Waals surface area contributed by atoms with Crippen molar-refractivity contribution < 1.29 is 14.2 Å². The summed E-state index contributed by atoms with van der Waals surface area (Å²) in [5.74, 6) is 3.03. The summed E-state index contributed by atoms with van der Waals surface area (Å²) in [7, 11) is 3.46. The van der Waals surface area contributed by atoms with Gasteiger partial charge in [0.05, 0.1) is 26.9 Å². The molecule has 0 aromatic heterocycles. The summed E-state index contributed by atoms with van der Waals surface area (Å²) in [4.78, 5) is 6.85. The summed E-state index contributed by atoms with van der Waals surface area (Å²) in [6.07, 6.45) is 0.884. The fraction of sp³-hybridized carbons (Fsp3) is 0.667. The number of hydrogen-bond acceptors (Lipinski definition) is 5. The third kappa shape index (κ3) is 9.39. The van der Waals surface area contributed by atoms with Gasteiger partial charge in [-0.2, -0.15) is 0 Å². The number of ether oxygens (including phenoxy) is 3. The van der Waals surface area contributed by atoms with Gasteiger partial charge in [0.2, 0.25) is 0 Å². The van der Waals surface area contributed by atoms with Gasteiger partial charge in [0.25, 0.3) is 0 Å². The molecule has 166 valence electrons. The average Bonchev–Trinajstić information content (AvgIpc) is 2.73. The van der Waals surface area contributed by atoms with Crippen LogP contribution in [-0.2, 0) is 4.74 Å². The Balaban J connectivity index is 0.00000420. The lowest BCUT2D eigenvalue weighted by Crippen LogP contribution is -2.52. The Bertz CT molecular complexity index is 595. The van der Waals surface area contributed by atoms with Crippen LogP contribution in [0.15, 0.2) is 29.3 Å². The van der Waals surface area contributed by atoms with E-state index in [1.165, 1.54) is 0 Å². The van der Waals surface area contributed by atoms with Crippen LogP contribution >= 0.6 is 24.0 Å². The first-order valence-electron chi connectivity index (χ1n) is 10.2. The van der Waals surface area contributed by atoms with Gasteiger partial charge in [0, 0.05) is 45.3 Å². The molecule has 29 heavy (non-hydrogen) atoms. The second-order valence-corrected chi connectivity index (χ2v) is 7.22. The zero-order valence-electron chi connectivity index (χ0n) is 18.1. The first-order valence-corrected chi connectivity index (χ1v) is 10.2. The van der Waals surface area contributed by atoms with E-state index in [1.807, 2.05) is 24.3 Å². The molecule has 8 heteroatoms. The second kappa shape index (κ2) is 14.7. The molecule has 0 radical (unpaired) electrons. The third-order valence-electron chi connectivity index (χ3n) is 4.91. The van der Waals surface area contributed by atoms with Crippen LogP contribution in [0.3, 0.4) is 0 Å². The molecule has 0 aliphatic carbocycles. The van der Waals surface area contributed by atoms with Crippen molar-refractivity contribution in [1.82, 2.24) is 15.5 Å². The van der Waals surface area contributed by atoms with Gasteiger partial charge in [-0.3, -0.25) is 9.89 Å². The van der Waals surface area contributed by atoms with Crippen molar-refractivity contribution in [2.24, 2.45) is 10.9 Å². The van der Waals surface area contributed by atoms with Gasteiger partial charge in [0.1, 0.15) is 11.5 Å². The number of rotatable bonds is 10. The summed E-state index contributed by atoms with van der Waals surface area (Å²) in [5, 5.41) is 6.84. The molecular formula is C21H37IN4O3. The summed E-state index contributed by atoms with van der Waals surface area (Å²) < 4.78 is 16.5. The zero-order chi connectivity index (χ0) is 20.2. The number of hydrogen-bond donors (Lipinski definition) is 2. The van der Waals surface area contributed by atoms with Gasteiger partial charge < -0.3 is 24.8 Å². The standard InChI is InChI=1S/C21H36N4O3.HI/c1-17(2)20(25-10-13-27-14-11-25)16-24-21(22-3)23-9-6-12-28-19-8-5-7-18(15-19)26-4;/h5,7-8,15,17,20H,6,9-14,16H2,1-4H3,(H2,22,23,24);1H. The van der Waals surface area contributed by atoms with E-state index in [2.05, 4.69) is 34.4 Å². The molecule has 0 amide bonds. The van der Waals surface area contributed by atoms with Crippen molar-refractivity contribution in [3.63, 3.8) is 0 Å². The van der Waals surface area contributed by atoms with Crippen LogP contribution < -0.4 is 20.1 Å². The quantitative estimate of drug-likeness (QED) is 0.214. The van der Waals surface area contributed by atoms with Crippen molar-refractivity contribution in [1.29, 1.82) is 0 Å². The fourth-order valence-corrected chi connectivity index (χ4v) is 3.28. The van der Waals surface area contributed by atoms with Crippen LogP contribution in [0.4, 0.5) is 0 Å². The van der Waals surface area contributed by atoms with Crippen LogP contribution in [0.1, 0.15) is 20.3 Å². The molecule has 2 N–H and O–H groups in total. The maximum Gasteiger partial charge on any atom is 0.191 e. The van der Waals surface area contributed by atoms with Gasteiger partial charge >= 0.3 is 0 Å². The van der Waals surface area contributed by atoms with Crippen LogP contribution in [0.25, 0.3) is 0 Å². The van der Waals surface area contributed by atoms with Crippen molar-refractivity contribution in [2.45, 2.75) is 26.3 Å². The lowest BCUT2D eigenvalue weighted by Gasteiger charge is -2.37. The van der Waals surface area contributed by atoms with E-state index in [0.717, 1.165) is 63.3 Å². The smallest absolute Gasteiger partial charge is 0.191 e. The predicted octanol–water partition coefficient (Wildman–Crippen LogP) is 2.60. The van der Waals surface area contributed by atoms with E-state index in [4.69, 9.17) is 14.2 Å². The minimum absolute atomic E-state index is 0. The van der Waals surface area contributed by atoms with E-state index < -0.39 is 0 Å². The molecule has 0 spiro atoms. The molecule has 1 unspecified atom stereocenters. The van der Waals surface area contributed by atoms with Gasteiger partial charge in [-0.15, -0.1) is 24.0 Å². The molecule has 1 aromatic carbocycles. The molecule has 1 saturated heterocycles. The van der Waals surface area contributed by atoms with Crippen LogP contribution in [0.2, 0.25) is 0 Å².